The van der Waals surface area contributed by atoms with E-state index in [4.69, 9.17) is 23.9 Å². The van der Waals surface area contributed by atoms with E-state index in [1.807, 2.05) is 0 Å². The molecule has 0 spiro atoms. The van der Waals surface area contributed by atoms with Crippen molar-refractivity contribution in [3.8, 4) is 0 Å². The summed E-state index contributed by atoms with van der Waals surface area (Å²) in [5.41, 5.74) is 8.65. The number of imidazole rings is 1. The minimum Gasteiger partial charge on any atom is -0.414 e. The summed E-state index contributed by atoms with van der Waals surface area (Å²) in [5.74, 6) is -0.600. The Morgan fingerprint density at radius 3 is 2.36 bits per heavy atom. The summed E-state index contributed by atoms with van der Waals surface area (Å²) in [7, 11) is -4.53. The van der Waals surface area contributed by atoms with Gasteiger partial charge in [-0.1, -0.05) is 60.5 Å². The quantitative estimate of drug-likeness (QED) is 0.0962. The van der Waals surface area contributed by atoms with Gasteiger partial charge in [0.2, 0.25) is 11.9 Å². The van der Waals surface area contributed by atoms with Crippen LogP contribution in [-0.2, 0) is 23.1 Å². The largest absolute Gasteiger partial charge is 0.414 e. The summed E-state index contributed by atoms with van der Waals surface area (Å²) in [6.07, 6.45) is -1.07. The highest BCUT2D eigenvalue weighted by Gasteiger charge is 2.52. The van der Waals surface area contributed by atoms with Crippen LogP contribution in [0.1, 0.15) is 61.6 Å². The minimum atomic E-state index is -2.36. The molecule has 0 bridgehead atoms. The van der Waals surface area contributed by atoms with Crippen molar-refractivity contribution in [2.24, 2.45) is 11.0 Å². The number of nitrogens with zero attached hydrogens (tertiary/aromatic N) is 6. The van der Waals surface area contributed by atoms with Crippen LogP contribution in [0.25, 0.3) is 21.6 Å². The smallest absolute Gasteiger partial charge is 0.280 e. The second-order valence-electron chi connectivity index (χ2n) is 14.7. The van der Waals surface area contributed by atoms with Crippen LogP contribution in [0.5, 0.6) is 0 Å². The molecule has 0 aromatic carbocycles. The molecule has 1 saturated heterocycles. The van der Waals surface area contributed by atoms with Crippen molar-refractivity contribution in [2.75, 3.05) is 25.1 Å². The summed E-state index contributed by atoms with van der Waals surface area (Å²) in [4.78, 5) is 39.7. The van der Waals surface area contributed by atoms with E-state index in [0.717, 1.165) is 0 Å². The fourth-order valence-corrected chi connectivity index (χ4v) is 6.45. The maximum atomic E-state index is 13.0. The predicted molar refractivity (Wildman–Crippen MR) is 174 cm³/mol. The van der Waals surface area contributed by atoms with Crippen LogP contribution in [-0.4, -0.2) is 80.1 Å². The molecule has 4 atom stereocenters. The van der Waals surface area contributed by atoms with Gasteiger partial charge in [0.15, 0.2) is 34.0 Å². The Labute approximate surface area is 261 Å². The van der Waals surface area contributed by atoms with E-state index in [0.29, 0.717) is 0 Å². The maximum Gasteiger partial charge on any atom is 0.280 e. The molecule has 0 saturated carbocycles. The summed E-state index contributed by atoms with van der Waals surface area (Å²) in [5, 5.41) is 6.17. The van der Waals surface area contributed by atoms with Crippen molar-refractivity contribution in [1.29, 1.82) is 0 Å². The molecule has 0 radical (unpaired) electrons. The third-order valence-corrected chi connectivity index (χ3v) is 17.9. The SMILES string of the molecule is CC(C)C(=O)Nc1nc2c(ncn2[C@@H]2O[C@H](CO[Si](C)(C)C(C)(C)C)[C@@H](O[Si](C)(C)C(C)(C)C)[C@H]2OCCN=[N+]=[N-])c(=O)[nH]1. The van der Waals surface area contributed by atoms with Gasteiger partial charge in [0.05, 0.1) is 19.5 Å². The number of nitrogens with one attached hydrogen (secondary N) is 2. The van der Waals surface area contributed by atoms with Gasteiger partial charge in [-0.25, -0.2) is 4.98 Å². The van der Waals surface area contributed by atoms with Crippen molar-refractivity contribution in [3.63, 3.8) is 0 Å². The number of carbonyl (C=O) groups is 1. The first-order valence-electron chi connectivity index (χ1n) is 15.1. The van der Waals surface area contributed by atoms with E-state index in [9.17, 15) is 9.59 Å². The summed E-state index contributed by atoms with van der Waals surface area (Å²) < 4.78 is 28.4. The van der Waals surface area contributed by atoms with Gasteiger partial charge in [0.25, 0.3) is 5.56 Å². The zero-order valence-corrected chi connectivity index (χ0v) is 30.2. The topological polar surface area (TPSA) is 178 Å². The third kappa shape index (κ3) is 7.97. The highest BCUT2D eigenvalue weighted by atomic mass is 28.4. The summed E-state index contributed by atoms with van der Waals surface area (Å²) in [6.45, 7) is 25.7. The molecule has 246 valence electrons. The van der Waals surface area contributed by atoms with E-state index in [1.54, 1.807) is 18.4 Å². The van der Waals surface area contributed by atoms with E-state index in [-0.39, 0.29) is 58.8 Å². The van der Waals surface area contributed by atoms with Crippen molar-refractivity contribution >= 4 is 39.7 Å². The Balaban J connectivity index is 2.12. The number of ether oxygens (including phenoxy) is 2. The lowest BCUT2D eigenvalue weighted by Gasteiger charge is -2.41. The molecule has 0 unspecified atom stereocenters. The average Bonchev–Trinajstić information content (AvgIpc) is 3.45. The Kier molecular flexibility index (Phi) is 10.9. The number of hydrogen-bond donors (Lipinski definition) is 2. The molecule has 1 fully saturated rings. The van der Waals surface area contributed by atoms with Crippen LogP contribution in [0, 0.1) is 5.92 Å². The van der Waals surface area contributed by atoms with E-state index >= 15 is 0 Å². The first-order chi connectivity index (χ1) is 20.2. The number of aromatic nitrogens is 4. The van der Waals surface area contributed by atoms with Gasteiger partial charge >= 0.3 is 0 Å². The molecular formula is C28H50N8O6Si2. The fourth-order valence-electron chi connectivity index (χ4n) is 4.12. The monoisotopic (exact) mass is 650 g/mol. The number of rotatable bonds is 12. The number of anilines is 1. The molecule has 44 heavy (non-hydrogen) atoms. The lowest BCUT2D eigenvalue weighted by Crippen LogP contribution is -2.51. The number of carbonyl (C=O) groups excluding carboxylic acids is 1. The number of hydrogen-bond acceptors (Lipinski definition) is 9. The Morgan fingerprint density at radius 1 is 1.16 bits per heavy atom. The predicted octanol–water partition coefficient (Wildman–Crippen LogP) is 5.72. The van der Waals surface area contributed by atoms with Crippen LogP contribution in [0.2, 0.25) is 36.3 Å². The van der Waals surface area contributed by atoms with Gasteiger partial charge < -0.3 is 18.3 Å². The van der Waals surface area contributed by atoms with Gasteiger partial charge in [0.1, 0.15) is 18.3 Å². The number of aromatic amines is 1. The van der Waals surface area contributed by atoms with Crippen LogP contribution < -0.4 is 10.9 Å². The molecule has 1 aliphatic rings. The zero-order valence-electron chi connectivity index (χ0n) is 28.2. The van der Waals surface area contributed by atoms with Crippen LogP contribution >= 0.6 is 0 Å². The van der Waals surface area contributed by atoms with Gasteiger partial charge in [-0.15, -0.1) is 0 Å². The normalized spacial score (nSPS) is 21.6. The number of azide groups is 1. The van der Waals surface area contributed by atoms with Crippen LogP contribution in [0.15, 0.2) is 16.2 Å². The molecule has 0 aliphatic carbocycles. The first-order valence-corrected chi connectivity index (χ1v) is 20.9. The van der Waals surface area contributed by atoms with Crippen molar-refractivity contribution in [2.45, 2.75) is 116 Å². The third-order valence-electron chi connectivity index (χ3n) is 8.97. The lowest BCUT2D eigenvalue weighted by molar-refractivity contribution is -0.118. The maximum absolute atomic E-state index is 13.0. The van der Waals surface area contributed by atoms with Gasteiger partial charge in [0, 0.05) is 17.4 Å². The molecule has 2 N–H and O–H groups in total. The fraction of sp³-hybridized carbons (Fsp3) is 0.786. The Bertz CT molecular complexity index is 1420. The Morgan fingerprint density at radius 2 is 1.80 bits per heavy atom. The summed E-state index contributed by atoms with van der Waals surface area (Å²) in [6, 6.07) is 0. The van der Waals surface area contributed by atoms with E-state index < -0.39 is 46.7 Å². The Hall–Kier alpha value is -2.60. The summed E-state index contributed by atoms with van der Waals surface area (Å²) >= 11 is 0. The van der Waals surface area contributed by atoms with Crippen molar-refractivity contribution < 1.29 is 23.1 Å². The van der Waals surface area contributed by atoms with E-state index in [1.165, 1.54) is 6.33 Å². The molecular weight excluding hydrogens is 601 g/mol. The molecule has 2 aromatic heterocycles. The lowest BCUT2D eigenvalue weighted by atomic mass is 10.1. The zero-order chi connectivity index (χ0) is 33.3. The van der Waals surface area contributed by atoms with Gasteiger partial charge in [-0.2, -0.15) is 4.98 Å². The van der Waals surface area contributed by atoms with Crippen molar-refractivity contribution in [1.82, 2.24) is 19.5 Å². The van der Waals surface area contributed by atoms with Crippen LogP contribution in [0.4, 0.5) is 5.95 Å². The van der Waals surface area contributed by atoms with Gasteiger partial charge in [-0.3, -0.25) is 24.5 Å². The number of amides is 1. The molecule has 3 heterocycles. The average molecular weight is 651 g/mol. The standard InChI is InChI=1S/C28H50N8O6Si2/c1-17(2)23(37)33-26-32-22-19(24(38)34-26)30-16-36(22)25-21(39-14-13-31-35-29)20(42-44(11,12)28(6,7)8)18(41-25)15-40-43(9,10)27(3,4)5/h16-18,20-21,25H,13-15H2,1-12H3,(H2,32,33,34,37,38)/t18-,20-,21-,25-/m1/s1. The number of H-pyrrole nitrogens is 1. The van der Waals surface area contributed by atoms with Gasteiger partial charge in [-0.05, 0) is 41.8 Å². The van der Waals surface area contributed by atoms with Crippen LogP contribution in [0.3, 0.4) is 0 Å². The highest BCUT2D eigenvalue weighted by molar-refractivity contribution is 6.74. The second kappa shape index (κ2) is 13.4. The molecule has 1 aliphatic heterocycles. The molecule has 2 aromatic rings. The first kappa shape index (κ1) is 35.9. The molecule has 14 nitrogen and oxygen atoms in total. The molecule has 1 amide bonds. The number of fused-ring (bicyclic) bond motifs is 1. The second-order valence-corrected chi connectivity index (χ2v) is 24.2. The highest BCUT2D eigenvalue weighted by Crippen LogP contribution is 2.43. The van der Waals surface area contributed by atoms with Crippen molar-refractivity contribution in [3.05, 3.63) is 27.1 Å². The molecule has 16 heteroatoms. The van der Waals surface area contributed by atoms with E-state index in [2.05, 4.69) is 98.0 Å². The minimum absolute atomic E-state index is 0.00801. The molecule has 3 rings (SSSR count).